The van der Waals surface area contributed by atoms with Gasteiger partial charge in [0.15, 0.2) is 0 Å². The molecule has 2 aromatic rings. The molecule has 2 N–H and O–H groups in total. The molecule has 90 valence electrons. The highest BCUT2D eigenvalue weighted by Crippen LogP contribution is 2.27. The zero-order chi connectivity index (χ0) is 12.3. The van der Waals surface area contributed by atoms with Crippen molar-refractivity contribution >= 4 is 11.8 Å². The van der Waals surface area contributed by atoms with Crippen molar-refractivity contribution in [2.45, 2.75) is 23.3 Å². The summed E-state index contributed by atoms with van der Waals surface area (Å²) in [6.45, 7) is 2.71. The molecule has 1 heterocycles. The molecule has 3 nitrogen and oxygen atoms in total. The van der Waals surface area contributed by atoms with Gasteiger partial charge in [0, 0.05) is 11.9 Å². The van der Waals surface area contributed by atoms with Gasteiger partial charge in [-0.1, -0.05) is 23.9 Å². The molecule has 1 aromatic heterocycles. The Morgan fingerprint density at radius 2 is 2.00 bits per heavy atom. The summed E-state index contributed by atoms with van der Waals surface area (Å²) < 4.78 is 1.91. The van der Waals surface area contributed by atoms with Crippen LogP contribution in [0, 0.1) is 6.92 Å². The third-order valence-corrected chi connectivity index (χ3v) is 3.64. The highest BCUT2D eigenvalue weighted by molar-refractivity contribution is 7.99. The minimum Gasteiger partial charge on any atom is -0.330 e. The van der Waals surface area contributed by atoms with Gasteiger partial charge in [-0.15, -0.1) is 0 Å². The average molecular weight is 247 g/mol. The molecule has 0 fully saturated rings. The van der Waals surface area contributed by atoms with E-state index >= 15 is 0 Å². The van der Waals surface area contributed by atoms with Crippen molar-refractivity contribution in [2.24, 2.45) is 12.8 Å². The van der Waals surface area contributed by atoms with E-state index in [1.807, 2.05) is 18.7 Å². The average Bonchev–Trinajstić information content (AvgIpc) is 2.61. The highest BCUT2D eigenvalue weighted by atomic mass is 32.2. The van der Waals surface area contributed by atoms with Crippen molar-refractivity contribution in [3.8, 4) is 0 Å². The van der Waals surface area contributed by atoms with Crippen LogP contribution < -0.4 is 5.73 Å². The van der Waals surface area contributed by atoms with Crippen molar-refractivity contribution in [2.75, 3.05) is 6.54 Å². The largest absolute Gasteiger partial charge is 0.330 e. The van der Waals surface area contributed by atoms with E-state index < -0.39 is 0 Å². The molecule has 17 heavy (non-hydrogen) atoms. The zero-order valence-corrected chi connectivity index (χ0v) is 11.0. The van der Waals surface area contributed by atoms with Crippen LogP contribution in [0.1, 0.15) is 11.3 Å². The van der Waals surface area contributed by atoms with Gasteiger partial charge in [-0.2, -0.15) is 5.10 Å². The fraction of sp³-hybridized carbons (Fsp3) is 0.308. The van der Waals surface area contributed by atoms with Crippen LogP contribution in [-0.2, 0) is 13.5 Å². The predicted octanol–water partition coefficient (Wildman–Crippen LogP) is 2.38. The second-order valence-electron chi connectivity index (χ2n) is 4.03. The first-order chi connectivity index (χ1) is 8.19. The Hall–Kier alpha value is -1.26. The maximum Gasteiger partial charge on any atom is 0.0986 e. The lowest BCUT2D eigenvalue weighted by Gasteiger charge is -2.03. The Morgan fingerprint density at radius 3 is 2.53 bits per heavy atom. The Bertz CT molecular complexity index is 488. The smallest absolute Gasteiger partial charge is 0.0986 e. The number of rotatable bonds is 4. The quantitative estimate of drug-likeness (QED) is 0.902. The van der Waals surface area contributed by atoms with Crippen molar-refractivity contribution in [3.63, 3.8) is 0 Å². The number of benzene rings is 1. The first-order valence-corrected chi connectivity index (χ1v) is 6.48. The van der Waals surface area contributed by atoms with Gasteiger partial charge in [0.25, 0.3) is 0 Å². The van der Waals surface area contributed by atoms with Crippen LogP contribution in [0.15, 0.2) is 40.3 Å². The number of nitrogens with two attached hydrogens (primary N) is 1. The number of aryl methyl sites for hydroxylation is 2. The van der Waals surface area contributed by atoms with E-state index in [0.29, 0.717) is 6.54 Å². The third kappa shape index (κ3) is 3.11. The number of hydrogen-bond acceptors (Lipinski definition) is 3. The molecular formula is C13H17N3S. The van der Waals surface area contributed by atoms with E-state index in [0.717, 1.165) is 17.1 Å². The molecule has 4 heteroatoms. The Kier molecular flexibility index (Phi) is 3.86. The van der Waals surface area contributed by atoms with Crippen LogP contribution in [0.5, 0.6) is 0 Å². The number of hydrogen-bond donors (Lipinski definition) is 1. The van der Waals surface area contributed by atoms with Crippen LogP contribution in [0.25, 0.3) is 0 Å². The van der Waals surface area contributed by atoms with E-state index in [1.165, 1.54) is 10.5 Å². The molecule has 0 bridgehead atoms. The zero-order valence-electron chi connectivity index (χ0n) is 10.2. The molecule has 2 rings (SSSR count). The molecule has 0 unspecified atom stereocenters. The molecule has 0 radical (unpaired) electrons. The summed E-state index contributed by atoms with van der Waals surface area (Å²) in [6, 6.07) is 10.6. The third-order valence-electron chi connectivity index (χ3n) is 2.54. The SMILES string of the molecule is Cc1cc(Sc2ccc(CCN)cc2)n(C)n1. The summed E-state index contributed by atoms with van der Waals surface area (Å²) in [5.74, 6) is 0. The molecule has 0 aliphatic carbocycles. The summed E-state index contributed by atoms with van der Waals surface area (Å²) in [5, 5.41) is 5.49. The van der Waals surface area contributed by atoms with Gasteiger partial charge >= 0.3 is 0 Å². The van der Waals surface area contributed by atoms with E-state index in [-0.39, 0.29) is 0 Å². The maximum atomic E-state index is 5.53. The van der Waals surface area contributed by atoms with Crippen LogP contribution in [0.3, 0.4) is 0 Å². The van der Waals surface area contributed by atoms with Crippen molar-refractivity contribution in [3.05, 3.63) is 41.6 Å². The topological polar surface area (TPSA) is 43.8 Å². The van der Waals surface area contributed by atoms with E-state index in [2.05, 4.69) is 35.4 Å². The van der Waals surface area contributed by atoms with Gasteiger partial charge in [-0.3, -0.25) is 4.68 Å². The second-order valence-corrected chi connectivity index (χ2v) is 5.13. The van der Waals surface area contributed by atoms with Crippen LogP contribution in [-0.4, -0.2) is 16.3 Å². The second kappa shape index (κ2) is 5.38. The monoisotopic (exact) mass is 247 g/mol. The van der Waals surface area contributed by atoms with Gasteiger partial charge in [0.1, 0.15) is 0 Å². The molecule has 1 aromatic carbocycles. The molecular weight excluding hydrogens is 230 g/mol. The maximum absolute atomic E-state index is 5.53. The van der Waals surface area contributed by atoms with Crippen molar-refractivity contribution in [1.82, 2.24) is 9.78 Å². The minimum atomic E-state index is 0.702. The van der Waals surface area contributed by atoms with Crippen LogP contribution in [0.4, 0.5) is 0 Å². The lowest BCUT2D eigenvalue weighted by molar-refractivity contribution is 0.692. The summed E-state index contributed by atoms with van der Waals surface area (Å²) in [4.78, 5) is 1.23. The summed E-state index contributed by atoms with van der Waals surface area (Å²) in [5.41, 5.74) is 7.87. The van der Waals surface area contributed by atoms with Gasteiger partial charge in [-0.05, 0) is 43.7 Å². The van der Waals surface area contributed by atoms with E-state index in [4.69, 9.17) is 5.73 Å². The first kappa shape index (κ1) is 12.2. The summed E-state index contributed by atoms with van der Waals surface area (Å²) in [6.07, 6.45) is 0.940. The fourth-order valence-electron chi connectivity index (χ4n) is 1.69. The Balaban J connectivity index is 2.11. The normalized spacial score (nSPS) is 10.8. The predicted molar refractivity (Wildman–Crippen MR) is 71.3 cm³/mol. The Morgan fingerprint density at radius 1 is 1.29 bits per heavy atom. The number of nitrogens with zero attached hydrogens (tertiary/aromatic N) is 2. The van der Waals surface area contributed by atoms with Gasteiger partial charge in [0.2, 0.25) is 0 Å². The lowest BCUT2D eigenvalue weighted by Crippen LogP contribution is -2.02. The van der Waals surface area contributed by atoms with Crippen LogP contribution >= 0.6 is 11.8 Å². The van der Waals surface area contributed by atoms with Gasteiger partial charge < -0.3 is 5.73 Å². The van der Waals surface area contributed by atoms with Gasteiger partial charge in [-0.25, -0.2) is 0 Å². The molecule has 0 aliphatic rings. The number of aromatic nitrogens is 2. The van der Waals surface area contributed by atoms with Crippen molar-refractivity contribution in [1.29, 1.82) is 0 Å². The Labute approximate surface area is 106 Å². The standard InChI is InChI=1S/C13H17N3S/c1-10-9-13(16(2)15-10)17-12-5-3-11(4-6-12)7-8-14/h3-6,9H,7-8,14H2,1-2H3. The fourth-order valence-corrected chi connectivity index (χ4v) is 2.61. The summed E-state index contributed by atoms with van der Waals surface area (Å²) >= 11 is 1.73. The molecule has 0 amide bonds. The molecule has 0 saturated carbocycles. The van der Waals surface area contributed by atoms with Crippen LogP contribution in [0.2, 0.25) is 0 Å². The lowest BCUT2D eigenvalue weighted by atomic mass is 10.2. The molecule has 0 atom stereocenters. The molecule has 0 spiro atoms. The molecule has 0 saturated heterocycles. The van der Waals surface area contributed by atoms with E-state index in [9.17, 15) is 0 Å². The summed E-state index contributed by atoms with van der Waals surface area (Å²) in [7, 11) is 1.97. The minimum absolute atomic E-state index is 0.702. The van der Waals surface area contributed by atoms with Crippen molar-refractivity contribution < 1.29 is 0 Å². The molecule has 0 aliphatic heterocycles. The highest BCUT2D eigenvalue weighted by Gasteiger charge is 2.04. The van der Waals surface area contributed by atoms with E-state index in [1.54, 1.807) is 11.8 Å². The first-order valence-electron chi connectivity index (χ1n) is 5.66. The van der Waals surface area contributed by atoms with Gasteiger partial charge in [0.05, 0.1) is 10.7 Å².